The molecule has 14 rings (SSSR count). The molecule has 0 fully saturated rings. The van der Waals surface area contributed by atoms with Crippen LogP contribution in [0.3, 0.4) is 0 Å². The predicted octanol–water partition coefficient (Wildman–Crippen LogP) is 21.1. The summed E-state index contributed by atoms with van der Waals surface area (Å²) in [4.78, 5) is 15.8. The van der Waals surface area contributed by atoms with Crippen LogP contribution in [-0.2, 0) is 21.1 Å². The number of para-hydroxylation sites is 4. The first-order valence-electron chi connectivity index (χ1n) is 29.5. The van der Waals surface area contributed by atoms with Gasteiger partial charge in [-0.1, -0.05) is 188 Å². The van der Waals surface area contributed by atoms with E-state index in [1.165, 1.54) is 44.5 Å². The van der Waals surface area contributed by atoms with Gasteiger partial charge in [-0.25, -0.2) is 0 Å². The van der Waals surface area contributed by atoms with E-state index in [4.69, 9.17) is 24.1 Å². The molecule has 7 nitrogen and oxygen atoms in total. The van der Waals surface area contributed by atoms with Crippen LogP contribution in [0.1, 0.15) is 113 Å². The molecule has 0 bridgehead atoms. The zero-order valence-electron chi connectivity index (χ0n) is 49.6. The van der Waals surface area contributed by atoms with Crippen molar-refractivity contribution in [3.05, 3.63) is 234 Å². The Bertz CT molecular complexity index is 4850. The molecular weight excluding hydrogens is 1220 g/mol. The summed E-state index contributed by atoms with van der Waals surface area (Å²) in [5.41, 5.74) is 20.7. The Kier molecular flexibility index (Phi) is 14.3. The number of hydrogen-bond donors (Lipinski definition) is 0. The van der Waals surface area contributed by atoms with Gasteiger partial charge in [-0.3, -0.25) is 15.0 Å². The number of rotatable bonds is 12. The smallest absolute Gasteiger partial charge is 0.500 e. The van der Waals surface area contributed by atoms with Crippen LogP contribution in [-0.4, -0.2) is 24.1 Å². The van der Waals surface area contributed by atoms with Gasteiger partial charge in [0.2, 0.25) is 0 Å². The summed E-state index contributed by atoms with van der Waals surface area (Å²) in [7, 11) is 0. The van der Waals surface area contributed by atoms with E-state index in [0.29, 0.717) is 28.5 Å². The van der Waals surface area contributed by atoms with Crippen LogP contribution in [0.15, 0.2) is 192 Å². The molecule has 0 N–H and O–H groups in total. The van der Waals surface area contributed by atoms with Crippen molar-refractivity contribution in [1.82, 2.24) is 24.1 Å². The van der Waals surface area contributed by atoms with Gasteiger partial charge in [0.1, 0.15) is 5.58 Å². The summed E-state index contributed by atoms with van der Waals surface area (Å²) in [5, 5.41) is 6.25. The molecule has 0 aliphatic rings. The minimum absolute atomic E-state index is 0. The Labute approximate surface area is 511 Å². The third-order valence-electron chi connectivity index (χ3n) is 16.8. The summed E-state index contributed by atoms with van der Waals surface area (Å²) in [6.07, 6.45) is 0. The summed E-state index contributed by atoms with van der Waals surface area (Å²) >= 11 is 0. The molecule has 0 atom stereocenters. The van der Waals surface area contributed by atoms with Gasteiger partial charge in [0.05, 0.1) is 39.3 Å². The van der Waals surface area contributed by atoms with Gasteiger partial charge in [-0.05, 0) is 153 Å². The first-order chi connectivity index (χ1) is 40.8. The molecule has 0 amide bonds. The molecule has 4 aromatic heterocycles. The molecule has 8 heteroatoms. The number of ether oxygens (including phenoxy) is 1. The zero-order valence-corrected chi connectivity index (χ0v) is 51.8. The van der Waals surface area contributed by atoms with Gasteiger partial charge in [0.15, 0.2) is 0 Å². The first-order valence-corrected chi connectivity index (χ1v) is 29.5. The van der Waals surface area contributed by atoms with E-state index in [1.807, 2.05) is 12.1 Å². The van der Waals surface area contributed by atoms with Crippen LogP contribution in [0, 0.1) is 26.0 Å². The molecule has 0 unspecified atom stereocenters. The van der Waals surface area contributed by atoms with Crippen LogP contribution in [0.25, 0.3) is 122 Å². The number of aromatic nitrogens is 5. The van der Waals surface area contributed by atoms with E-state index in [1.54, 1.807) is 0 Å². The Morgan fingerprint density at radius 3 is 1.44 bits per heavy atom. The largest absolute Gasteiger partial charge is 2.00 e. The molecule has 0 aliphatic heterocycles. The first kappa shape index (κ1) is 55.3. The molecule has 0 saturated carbocycles. The van der Waals surface area contributed by atoms with Crippen LogP contribution in [0.5, 0.6) is 11.5 Å². The van der Waals surface area contributed by atoms with Crippen molar-refractivity contribution in [2.24, 2.45) is 0 Å². The van der Waals surface area contributed by atoms with Crippen LogP contribution in [0.4, 0.5) is 0 Å². The summed E-state index contributed by atoms with van der Waals surface area (Å²) in [5.74, 6) is 3.29. The molecule has 0 spiro atoms. The van der Waals surface area contributed by atoms with Gasteiger partial charge in [0, 0.05) is 50.4 Å². The SMILES string of the molecule is Cc1cc2c(ccc3c2ccc2c4cc(Oc5[c-]c(-c6nc7ccccc7n6-c6c(C(C)C)cc(-c7ccccc7)cc6C(C)C)ccc5)[c-]c(-c5nc6ccccc6n5-c5c(C(C)C)cc(-c6ccccc6)cc5C(C)C)c4oc23)c(C)n1.[Pt+2]. The maximum atomic E-state index is 7.36. The molecule has 14 aromatic rings. The van der Waals surface area contributed by atoms with Crippen molar-refractivity contribution in [1.29, 1.82) is 0 Å². The average molecular weight is 1290 g/mol. The summed E-state index contributed by atoms with van der Waals surface area (Å²) in [6.45, 7) is 22.4. The van der Waals surface area contributed by atoms with Gasteiger partial charge < -0.3 is 18.3 Å². The van der Waals surface area contributed by atoms with Gasteiger partial charge in [-0.2, -0.15) is 0 Å². The van der Waals surface area contributed by atoms with E-state index in [0.717, 1.165) is 94.1 Å². The van der Waals surface area contributed by atoms with Crippen molar-refractivity contribution in [2.75, 3.05) is 0 Å². The minimum atomic E-state index is 0. The van der Waals surface area contributed by atoms with Crippen molar-refractivity contribution < 1.29 is 30.2 Å². The number of benzene rings is 10. The second-order valence-electron chi connectivity index (χ2n) is 23.8. The molecule has 10 aromatic carbocycles. The third kappa shape index (κ3) is 9.54. The molecule has 0 radical (unpaired) electrons. The van der Waals surface area contributed by atoms with Gasteiger partial charge in [-0.15, -0.1) is 23.8 Å². The normalized spacial score (nSPS) is 12.0. The van der Waals surface area contributed by atoms with E-state index in [9.17, 15) is 0 Å². The fourth-order valence-electron chi connectivity index (χ4n) is 12.8. The number of pyridine rings is 1. The Morgan fingerprint density at radius 1 is 0.400 bits per heavy atom. The van der Waals surface area contributed by atoms with Gasteiger partial charge >= 0.3 is 21.1 Å². The fourth-order valence-corrected chi connectivity index (χ4v) is 12.8. The Balaban J connectivity index is 0.00000672. The van der Waals surface area contributed by atoms with Crippen molar-refractivity contribution in [3.63, 3.8) is 0 Å². The summed E-state index contributed by atoms with van der Waals surface area (Å²) in [6, 6.07) is 74.5. The molecule has 4 heterocycles. The average Bonchev–Trinajstić information content (AvgIpc) is 1.78. The Hall–Kier alpha value is -8.90. The molecular formula is C77H65N5O2Pt. The second-order valence-corrected chi connectivity index (χ2v) is 23.8. The topological polar surface area (TPSA) is 70.9 Å². The molecule has 420 valence electrons. The molecule has 0 saturated heterocycles. The number of hydrogen-bond acceptors (Lipinski definition) is 5. The monoisotopic (exact) mass is 1290 g/mol. The molecule has 0 aliphatic carbocycles. The van der Waals surface area contributed by atoms with Crippen molar-refractivity contribution in [3.8, 4) is 67.9 Å². The second kappa shape index (κ2) is 21.9. The zero-order chi connectivity index (χ0) is 57.7. The number of imidazole rings is 2. The number of furan rings is 1. The maximum Gasteiger partial charge on any atom is 2.00 e. The maximum absolute atomic E-state index is 7.36. The third-order valence-corrected chi connectivity index (χ3v) is 16.8. The van der Waals surface area contributed by atoms with Crippen LogP contribution < -0.4 is 4.74 Å². The standard InChI is InChI=1S/C77H65N5O2.Pt/c1-44(2)61-38-53(50-22-13-11-14-23-50)39-62(45(3)4)72(61)81-70-30-19-17-28-68(70)79-76(81)52-26-21-27-55(37-52)83-56-42-66-60-35-33-58-59(34-32-57-49(10)78-48(9)36-65(57)58)74(60)84-75(66)67(43-56)77-80-69-29-18-20-31-71(69)82(77)73-63(46(5)6)40-54(41-64(73)47(7)8)51-24-15-12-16-25-51;/h11-36,38-42,44-47H,1-10H3;/q-2;+2. The van der Waals surface area contributed by atoms with Crippen molar-refractivity contribution >= 4 is 65.6 Å². The Morgan fingerprint density at radius 2 is 0.882 bits per heavy atom. The number of fused-ring (bicyclic) bond motifs is 9. The number of aryl methyl sites for hydroxylation is 2. The summed E-state index contributed by atoms with van der Waals surface area (Å²) < 4.78 is 19.3. The quantitative estimate of drug-likeness (QED) is 0.0900. The van der Waals surface area contributed by atoms with Crippen molar-refractivity contribution in [2.45, 2.75) is 92.9 Å². The van der Waals surface area contributed by atoms with E-state index in [2.05, 4.69) is 266 Å². The minimum Gasteiger partial charge on any atom is -0.500 e. The van der Waals surface area contributed by atoms with E-state index in [-0.39, 0.29) is 44.7 Å². The van der Waals surface area contributed by atoms with Crippen LogP contribution in [0.2, 0.25) is 0 Å². The van der Waals surface area contributed by atoms with Gasteiger partial charge in [0.25, 0.3) is 0 Å². The fraction of sp³-hybridized carbons (Fsp3) is 0.182. The van der Waals surface area contributed by atoms with E-state index >= 15 is 0 Å². The molecule has 85 heavy (non-hydrogen) atoms. The number of nitrogens with zero attached hydrogens (tertiary/aromatic N) is 5. The van der Waals surface area contributed by atoms with Crippen LogP contribution >= 0.6 is 0 Å². The van der Waals surface area contributed by atoms with E-state index < -0.39 is 0 Å². The predicted molar refractivity (Wildman–Crippen MR) is 348 cm³/mol.